The van der Waals surface area contributed by atoms with Crippen LogP contribution in [0.5, 0.6) is 0 Å². The Bertz CT molecular complexity index is 514. The molecule has 0 aromatic carbocycles. The molecule has 2 aromatic heterocycles. The van der Waals surface area contributed by atoms with E-state index in [9.17, 15) is 4.79 Å². The maximum absolute atomic E-state index is 11.7. The summed E-state index contributed by atoms with van der Waals surface area (Å²) in [7, 11) is 0. The molecule has 0 saturated heterocycles. The Balaban J connectivity index is 1.97. The summed E-state index contributed by atoms with van der Waals surface area (Å²) in [4.78, 5) is 14.5. The maximum atomic E-state index is 11.7. The zero-order chi connectivity index (χ0) is 12.3. The number of aromatic amines is 1. The number of nitrogens with one attached hydrogen (secondary N) is 2. The van der Waals surface area contributed by atoms with Crippen molar-refractivity contribution in [1.29, 1.82) is 0 Å². The lowest BCUT2D eigenvalue weighted by Crippen LogP contribution is -2.24. The summed E-state index contributed by atoms with van der Waals surface area (Å²) in [6.07, 6.45) is 3.21. The third-order valence-electron chi connectivity index (χ3n) is 2.39. The van der Waals surface area contributed by atoms with Gasteiger partial charge >= 0.3 is 0 Å². The first-order valence-electron chi connectivity index (χ1n) is 5.29. The third-order valence-corrected chi connectivity index (χ3v) is 2.39. The molecule has 7 nitrogen and oxygen atoms in total. The van der Waals surface area contributed by atoms with E-state index in [-0.39, 0.29) is 5.91 Å². The number of hydrogen-bond donors (Lipinski definition) is 3. The second kappa shape index (κ2) is 4.69. The van der Waals surface area contributed by atoms with Crippen LogP contribution in [0.15, 0.2) is 18.6 Å². The highest BCUT2D eigenvalue weighted by Gasteiger charge is 2.09. The molecular weight excluding hydrogens is 220 g/mol. The van der Waals surface area contributed by atoms with E-state index in [1.54, 1.807) is 18.6 Å². The molecule has 0 aliphatic heterocycles. The number of carbonyl (C=O) groups is 1. The molecule has 0 aliphatic carbocycles. The number of rotatable bonds is 4. The van der Waals surface area contributed by atoms with E-state index < -0.39 is 0 Å². The molecule has 0 aliphatic rings. The average Bonchev–Trinajstić information content (AvgIpc) is 2.94. The number of carbonyl (C=O) groups excluding carboxylic acids is 1. The molecule has 90 valence electrons. The van der Waals surface area contributed by atoms with Crippen LogP contribution in [0, 0.1) is 0 Å². The fraction of sp³-hybridized carbons (Fsp3) is 0.300. The summed E-state index contributed by atoms with van der Waals surface area (Å²) in [6.45, 7) is 3.10. The number of nitrogens with zero attached hydrogens (tertiary/aromatic N) is 3. The van der Waals surface area contributed by atoms with Gasteiger partial charge in [-0.05, 0) is 13.0 Å². The SMILES string of the molecule is CCn1cnnc1CNC(=O)c1cc(N)c[nH]1. The van der Waals surface area contributed by atoms with Crippen molar-refractivity contribution in [3.05, 3.63) is 30.1 Å². The predicted molar refractivity (Wildman–Crippen MR) is 62.1 cm³/mol. The topological polar surface area (TPSA) is 102 Å². The molecule has 2 heterocycles. The second-order valence-corrected chi connectivity index (χ2v) is 3.56. The minimum Gasteiger partial charge on any atom is -0.397 e. The third kappa shape index (κ3) is 2.44. The zero-order valence-corrected chi connectivity index (χ0v) is 9.47. The first-order valence-corrected chi connectivity index (χ1v) is 5.29. The number of aromatic nitrogens is 4. The molecule has 7 heteroatoms. The smallest absolute Gasteiger partial charge is 0.268 e. The molecule has 0 spiro atoms. The second-order valence-electron chi connectivity index (χ2n) is 3.56. The van der Waals surface area contributed by atoms with Crippen molar-refractivity contribution < 1.29 is 4.79 Å². The summed E-state index contributed by atoms with van der Waals surface area (Å²) in [5.74, 6) is 0.507. The van der Waals surface area contributed by atoms with Crippen molar-refractivity contribution in [3.8, 4) is 0 Å². The van der Waals surface area contributed by atoms with Crippen LogP contribution in [0.25, 0.3) is 0 Å². The number of anilines is 1. The first kappa shape index (κ1) is 11.2. The van der Waals surface area contributed by atoms with Crippen molar-refractivity contribution in [2.75, 3.05) is 5.73 Å². The van der Waals surface area contributed by atoms with Gasteiger partial charge in [0.05, 0.1) is 6.54 Å². The largest absolute Gasteiger partial charge is 0.397 e. The van der Waals surface area contributed by atoms with Gasteiger partial charge in [0.25, 0.3) is 5.91 Å². The lowest BCUT2D eigenvalue weighted by molar-refractivity contribution is 0.0945. The van der Waals surface area contributed by atoms with Crippen LogP contribution >= 0.6 is 0 Å². The van der Waals surface area contributed by atoms with Crippen LogP contribution in [0.4, 0.5) is 5.69 Å². The summed E-state index contributed by atoms with van der Waals surface area (Å²) in [5.41, 5.74) is 6.48. The average molecular weight is 234 g/mol. The lowest BCUT2D eigenvalue weighted by Gasteiger charge is -2.04. The Labute approximate surface area is 98.0 Å². The van der Waals surface area contributed by atoms with E-state index in [0.29, 0.717) is 17.9 Å². The molecule has 0 radical (unpaired) electrons. The first-order chi connectivity index (χ1) is 8.20. The van der Waals surface area contributed by atoms with Gasteiger partial charge in [-0.25, -0.2) is 0 Å². The number of aryl methyl sites for hydroxylation is 1. The summed E-state index contributed by atoms with van der Waals surface area (Å²) in [5, 5.41) is 10.4. The zero-order valence-electron chi connectivity index (χ0n) is 9.47. The number of nitrogens with two attached hydrogens (primary N) is 1. The van der Waals surface area contributed by atoms with Crippen molar-refractivity contribution in [3.63, 3.8) is 0 Å². The van der Waals surface area contributed by atoms with Gasteiger partial charge in [-0.1, -0.05) is 0 Å². The quantitative estimate of drug-likeness (QED) is 0.700. The molecule has 1 amide bonds. The van der Waals surface area contributed by atoms with Gasteiger partial charge in [0.2, 0.25) is 0 Å². The van der Waals surface area contributed by atoms with E-state index in [0.717, 1.165) is 12.4 Å². The van der Waals surface area contributed by atoms with Crippen LogP contribution in [0.1, 0.15) is 23.2 Å². The van der Waals surface area contributed by atoms with E-state index in [4.69, 9.17) is 5.73 Å². The number of amides is 1. The minimum atomic E-state index is -0.215. The van der Waals surface area contributed by atoms with E-state index in [2.05, 4.69) is 20.5 Å². The molecule has 17 heavy (non-hydrogen) atoms. The van der Waals surface area contributed by atoms with E-state index in [1.807, 2.05) is 11.5 Å². The molecule has 0 fully saturated rings. The summed E-state index contributed by atoms with van der Waals surface area (Å²) in [6, 6.07) is 1.58. The number of nitrogen functional groups attached to an aromatic ring is 1. The predicted octanol–water partition coefficient (Wildman–Crippen LogP) is 0.138. The Kier molecular flexibility index (Phi) is 3.08. The summed E-state index contributed by atoms with van der Waals surface area (Å²) >= 11 is 0. The van der Waals surface area contributed by atoms with Crippen molar-refractivity contribution in [1.82, 2.24) is 25.1 Å². The van der Waals surface area contributed by atoms with Gasteiger partial charge in [0, 0.05) is 18.4 Å². The van der Waals surface area contributed by atoms with Crippen LogP contribution in [-0.4, -0.2) is 25.7 Å². The number of hydrogen-bond acceptors (Lipinski definition) is 4. The molecule has 4 N–H and O–H groups in total. The minimum absolute atomic E-state index is 0.215. The molecule has 0 saturated carbocycles. The van der Waals surface area contributed by atoms with Gasteiger partial charge < -0.3 is 20.6 Å². The molecule has 0 bridgehead atoms. The Morgan fingerprint density at radius 1 is 1.65 bits per heavy atom. The van der Waals surface area contributed by atoms with Crippen molar-refractivity contribution >= 4 is 11.6 Å². The highest BCUT2D eigenvalue weighted by Crippen LogP contribution is 2.04. The van der Waals surface area contributed by atoms with Crippen LogP contribution < -0.4 is 11.1 Å². The molecule has 0 atom stereocenters. The van der Waals surface area contributed by atoms with Crippen LogP contribution in [0.2, 0.25) is 0 Å². The fourth-order valence-electron chi connectivity index (χ4n) is 1.48. The monoisotopic (exact) mass is 234 g/mol. The van der Waals surface area contributed by atoms with Crippen molar-refractivity contribution in [2.45, 2.75) is 20.0 Å². The van der Waals surface area contributed by atoms with Gasteiger partial charge in [-0.2, -0.15) is 0 Å². The van der Waals surface area contributed by atoms with E-state index >= 15 is 0 Å². The van der Waals surface area contributed by atoms with Gasteiger partial charge in [0.1, 0.15) is 12.0 Å². The van der Waals surface area contributed by atoms with Crippen molar-refractivity contribution in [2.24, 2.45) is 0 Å². The van der Waals surface area contributed by atoms with Crippen LogP contribution in [-0.2, 0) is 13.1 Å². The Morgan fingerprint density at radius 3 is 3.12 bits per heavy atom. The highest BCUT2D eigenvalue weighted by molar-refractivity contribution is 5.93. The Morgan fingerprint density at radius 2 is 2.47 bits per heavy atom. The van der Waals surface area contributed by atoms with Gasteiger partial charge in [-0.15, -0.1) is 10.2 Å². The van der Waals surface area contributed by atoms with E-state index in [1.165, 1.54) is 0 Å². The molecular formula is C10H14N6O. The fourth-order valence-corrected chi connectivity index (χ4v) is 1.48. The molecule has 2 rings (SSSR count). The Hall–Kier alpha value is -2.31. The highest BCUT2D eigenvalue weighted by atomic mass is 16.1. The summed E-state index contributed by atoms with van der Waals surface area (Å²) < 4.78 is 1.86. The van der Waals surface area contributed by atoms with Crippen LogP contribution in [0.3, 0.4) is 0 Å². The molecule has 0 unspecified atom stereocenters. The van der Waals surface area contributed by atoms with Gasteiger partial charge in [-0.3, -0.25) is 4.79 Å². The number of H-pyrrole nitrogens is 1. The normalized spacial score (nSPS) is 10.4. The molecule has 2 aromatic rings. The maximum Gasteiger partial charge on any atom is 0.268 e. The standard InChI is InChI=1S/C10H14N6O/c1-2-16-6-14-15-9(16)5-13-10(17)8-3-7(11)4-12-8/h3-4,6,12H,2,5,11H2,1H3,(H,13,17). The van der Waals surface area contributed by atoms with Gasteiger partial charge in [0.15, 0.2) is 5.82 Å². The lowest BCUT2D eigenvalue weighted by atomic mass is 10.4.